The summed E-state index contributed by atoms with van der Waals surface area (Å²) in [4.78, 5) is 22.9. The van der Waals surface area contributed by atoms with Crippen molar-refractivity contribution >= 4 is 5.91 Å². The van der Waals surface area contributed by atoms with Crippen molar-refractivity contribution in [1.82, 2.24) is 25.1 Å². The minimum Gasteiger partial charge on any atom is -0.342 e. The van der Waals surface area contributed by atoms with E-state index >= 15 is 0 Å². The number of aryl methyl sites for hydroxylation is 2. The number of aromatic nitrogens is 4. The minimum absolute atomic E-state index is 0.173. The maximum atomic E-state index is 12.6. The molecule has 1 atom stereocenters. The monoisotopic (exact) mass is 299 g/mol. The minimum atomic E-state index is 0.173. The summed E-state index contributed by atoms with van der Waals surface area (Å²) < 4.78 is 0. The van der Waals surface area contributed by atoms with Gasteiger partial charge in [-0.2, -0.15) is 5.10 Å². The van der Waals surface area contributed by atoms with Gasteiger partial charge in [0.15, 0.2) is 0 Å². The van der Waals surface area contributed by atoms with Crippen LogP contribution in [0.1, 0.15) is 41.4 Å². The van der Waals surface area contributed by atoms with Gasteiger partial charge in [-0.1, -0.05) is 0 Å². The summed E-state index contributed by atoms with van der Waals surface area (Å²) in [6.45, 7) is 5.47. The van der Waals surface area contributed by atoms with E-state index in [1.807, 2.05) is 24.8 Å². The number of likely N-dealkylation sites (tertiary alicyclic amines) is 1. The van der Waals surface area contributed by atoms with Crippen LogP contribution >= 0.6 is 0 Å². The number of H-pyrrole nitrogens is 1. The van der Waals surface area contributed by atoms with Crippen molar-refractivity contribution in [3.05, 3.63) is 41.2 Å². The van der Waals surface area contributed by atoms with Crippen LogP contribution in [0.25, 0.3) is 0 Å². The molecule has 0 spiro atoms. The number of nitrogens with zero attached hydrogens (tertiary/aromatic N) is 4. The number of nitrogens with one attached hydrogen (secondary N) is 1. The van der Waals surface area contributed by atoms with Gasteiger partial charge in [-0.25, -0.2) is 9.97 Å². The van der Waals surface area contributed by atoms with Gasteiger partial charge in [-0.05, 0) is 32.8 Å². The van der Waals surface area contributed by atoms with E-state index in [-0.39, 0.29) is 5.91 Å². The summed E-state index contributed by atoms with van der Waals surface area (Å²) in [6, 6.07) is 1.95. The summed E-state index contributed by atoms with van der Waals surface area (Å²) >= 11 is 0. The maximum absolute atomic E-state index is 12.6. The standard InChI is InChI=1S/C16H21N5O/c1-11-14(12(2)20-19-11)8-16(22)21-7-3-4-13(9-21)15-5-6-17-10-18-15/h5-6,10,13H,3-4,7-9H2,1-2H3,(H,19,20). The highest BCUT2D eigenvalue weighted by atomic mass is 16.2. The number of carbonyl (C=O) groups excluding carboxylic acids is 1. The van der Waals surface area contributed by atoms with Crippen LogP contribution in [0.3, 0.4) is 0 Å². The molecule has 6 heteroatoms. The fourth-order valence-corrected chi connectivity index (χ4v) is 3.09. The number of amides is 1. The average Bonchev–Trinajstić information content (AvgIpc) is 2.88. The van der Waals surface area contributed by atoms with Gasteiger partial charge in [0.25, 0.3) is 0 Å². The molecule has 1 fully saturated rings. The number of hydrogen-bond donors (Lipinski definition) is 1. The second-order valence-corrected chi connectivity index (χ2v) is 5.90. The van der Waals surface area contributed by atoms with Crippen molar-refractivity contribution in [2.45, 2.75) is 39.0 Å². The Kier molecular flexibility index (Phi) is 4.18. The lowest BCUT2D eigenvalue weighted by Gasteiger charge is -2.32. The Morgan fingerprint density at radius 3 is 3.00 bits per heavy atom. The van der Waals surface area contributed by atoms with Crippen LogP contribution in [0.2, 0.25) is 0 Å². The molecule has 3 heterocycles. The van der Waals surface area contributed by atoms with E-state index < -0.39 is 0 Å². The van der Waals surface area contributed by atoms with E-state index in [9.17, 15) is 4.79 Å². The lowest BCUT2D eigenvalue weighted by molar-refractivity contribution is -0.131. The van der Waals surface area contributed by atoms with Crippen LogP contribution in [0.4, 0.5) is 0 Å². The number of piperidine rings is 1. The second-order valence-electron chi connectivity index (χ2n) is 5.90. The summed E-state index contributed by atoms with van der Waals surface area (Å²) in [6.07, 6.45) is 5.86. The molecule has 1 aliphatic heterocycles. The highest BCUT2D eigenvalue weighted by Crippen LogP contribution is 2.25. The van der Waals surface area contributed by atoms with Gasteiger partial charge in [0.2, 0.25) is 5.91 Å². The molecule has 22 heavy (non-hydrogen) atoms. The number of carbonyl (C=O) groups is 1. The zero-order valence-corrected chi connectivity index (χ0v) is 13.0. The van der Waals surface area contributed by atoms with Crippen LogP contribution < -0.4 is 0 Å². The largest absolute Gasteiger partial charge is 0.342 e. The van der Waals surface area contributed by atoms with Gasteiger partial charge in [0.05, 0.1) is 12.1 Å². The summed E-state index contributed by atoms with van der Waals surface area (Å²) in [5.74, 6) is 0.485. The van der Waals surface area contributed by atoms with Gasteiger partial charge in [0.1, 0.15) is 6.33 Å². The van der Waals surface area contributed by atoms with Gasteiger partial charge in [-0.3, -0.25) is 9.89 Å². The van der Waals surface area contributed by atoms with Gasteiger partial charge in [-0.15, -0.1) is 0 Å². The topological polar surface area (TPSA) is 74.8 Å². The lowest BCUT2D eigenvalue weighted by atomic mass is 9.94. The first-order chi connectivity index (χ1) is 10.6. The Balaban J connectivity index is 1.68. The van der Waals surface area contributed by atoms with Crippen molar-refractivity contribution in [3.8, 4) is 0 Å². The third-order valence-electron chi connectivity index (χ3n) is 4.41. The van der Waals surface area contributed by atoms with E-state index in [1.54, 1.807) is 12.5 Å². The van der Waals surface area contributed by atoms with Crippen molar-refractivity contribution < 1.29 is 4.79 Å². The third kappa shape index (κ3) is 3.00. The first kappa shape index (κ1) is 14.7. The lowest BCUT2D eigenvalue weighted by Crippen LogP contribution is -2.40. The highest BCUT2D eigenvalue weighted by Gasteiger charge is 2.26. The van der Waals surface area contributed by atoms with Crippen LogP contribution in [0.15, 0.2) is 18.6 Å². The number of hydrogen-bond acceptors (Lipinski definition) is 4. The molecule has 116 valence electrons. The van der Waals surface area contributed by atoms with Crippen LogP contribution in [-0.2, 0) is 11.2 Å². The zero-order valence-electron chi connectivity index (χ0n) is 13.0. The van der Waals surface area contributed by atoms with E-state index in [0.29, 0.717) is 12.3 Å². The number of rotatable bonds is 3. The molecule has 1 saturated heterocycles. The fourth-order valence-electron chi connectivity index (χ4n) is 3.09. The molecule has 3 rings (SSSR count). The average molecular weight is 299 g/mol. The van der Waals surface area contributed by atoms with Gasteiger partial charge >= 0.3 is 0 Å². The van der Waals surface area contributed by atoms with E-state index in [1.165, 1.54) is 0 Å². The first-order valence-corrected chi connectivity index (χ1v) is 7.69. The zero-order chi connectivity index (χ0) is 15.5. The van der Waals surface area contributed by atoms with Crippen molar-refractivity contribution in [3.63, 3.8) is 0 Å². The maximum Gasteiger partial charge on any atom is 0.227 e. The summed E-state index contributed by atoms with van der Waals surface area (Å²) in [7, 11) is 0. The Bertz CT molecular complexity index is 632. The Hall–Kier alpha value is -2.24. The number of aromatic amines is 1. The van der Waals surface area contributed by atoms with E-state index in [4.69, 9.17) is 0 Å². The highest BCUT2D eigenvalue weighted by molar-refractivity contribution is 5.79. The predicted molar refractivity (Wildman–Crippen MR) is 82.4 cm³/mol. The molecule has 6 nitrogen and oxygen atoms in total. The molecular formula is C16H21N5O. The van der Waals surface area contributed by atoms with Crippen molar-refractivity contribution in [1.29, 1.82) is 0 Å². The smallest absolute Gasteiger partial charge is 0.227 e. The molecule has 0 aliphatic carbocycles. The Labute approximate surface area is 130 Å². The molecule has 2 aromatic rings. The molecule has 1 unspecified atom stereocenters. The van der Waals surface area contributed by atoms with Crippen LogP contribution in [0, 0.1) is 13.8 Å². The van der Waals surface area contributed by atoms with E-state index in [0.717, 1.165) is 48.6 Å². The SMILES string of the molecule is Cc1n[nH]c(C)c1CC(=O)N1CCCC(c2ccncn2)C1. The summed E-state index contributed by atoms with van der Waals surface area (Å²) in [5, 5.41) is 7.11. The Morgan fingerprint density at radius 1 is 1.45 bits per heavy atom. The van der Waals surface area contributed by atoms with Gasteiger partial charge < -0.3 is 4.90 Å². The fraction of sp³-hybridized carbons (Fsp3) is 0.500. The van der Waals surface area contributed by atoms with Crippen molar-refractivity contribution in [2.75, 3.05) is 13.1 Å². The molecule has 1 amide bonds. The molecule has 0 aromatic carbocycles. The molecule has 1 aliphatic rings. The first-order valence-electron chi connectivity index (χ1n) is 7.69. The Morgan fingerprint density at radius 2 is 2.32 bits per heavy atom. The van der Waals surface area contributed by atoms with Crippen LogP contribution in [-0.4, -0.2) is 44.1 Å². The molecule has 2 aromatic heterocycles. The summed E-state index contributed by atoms with van der Waals surface area (Å²) in [5.41, 5.74) is 3.95. The second kappa shape index (κ2) is 6.25. The molecule has 0 bridgehead atoms. The third-order valence-corrected chi connectivity index (χ3v) is 4.41. The van der Waals surface area contributed by atoms with Crippen molar-refractivity contribution in [2.24, 2.45) is 0 Å². The van der Waals surface area contributed by atoms with E-state index in [2.05, 4.69) is 20.2 Å². The molecule has 1 N–H and O–H groups in total. The van der Waals surface area contributed by atoms with Gasteiger partial charge in [0, 0.05) is 42.2 Å². The normalized spacial score (nSPS) is 18.5. The molecule has 0 saturated carbocycles. The van der Waals surface area contributed by atoms with Crippen LogP contribution in [0.5, 0.6) is 0 Å². The predicted octanol–water partition coefficient (Wildman–Crippen LogP) is 1.77. The molecule has 0 radical (unpaired) electrons. The molecular weight excluding hydrogens is 278 g/mol. The quantitative estimate of drug-likeness (QED) is 0.937.